The summed E-state index contributed by atoms with van der Waals surface area (Å²) >= 11 is 0. The third-order valence-electron chi connectivity index (χ3n) is 6.26. The van der Waals surface area contributed by atoms with Crippen molar-refractivity contribution in [2.24, 2.45) is 7.05 Å². The average Bonchev–Trinajstić information content (AvgIpc) is 3.20. The lowest BCUT2D eigenvalue weighted by molar-refractivity contribution is 0.262. The van der Waals surface area contributed by atoms with Crippen LogP contribution >= 0.6 is 0 Å². The Labute approximate surface area is 220 Å². The lowest BCUT2D eigenvalue weighted by Gasteiger charge is -2.17. The fraction of sp³-hybridized carbons (Fsp3) is 0.370. The summed E-state index contributed by atoms with van der Waals surface area (Å²) in [5.74, 6) is 0.252. The van der Waals surface area contributed by atoms with Gasteiger partial charge in [-0.3, -0.25) is 19.4 Å². The number of rotatable bonds is 5. The summed E-state index contributed by atoms with van der Waals surface area (Å²) in [5.41, 5.74) is 2.18. The zero-order valence-corrected chi connectivity index (χ0v) is 22.9. The average molecular weight is 521 g/mol. The van der Waals surface area contributed by atoms with Gasteiger partial charge in [0.15, 0.2) is 0 Å². The minimum absolute atomic E-state index is 0.0568. The summed E-state index contributed by atoms with van der Waals surface area (Å²) in [5, 5.41) is 13.3. The van der Waals surface area contributed by atoms with E-state index in [1.807, 2.05) is 34.6 Å². The van der Waals surface area contributed by atoms with Gasteiger partial charge in [0.1, 0.15) is 17.3 Å². The summed E-state index contributed by atoms with van der Waals surface area (Å²) < 4.78 is 18.1. The van der Waals surface area contributed by atoms with E-state index in [2.05, 4.69) is 31.0 Å². The van der Waals surface area contributed by atoms with Crippen molar-refractivity contribution in [3.63, 3.8) is 0 Å². The number of hydrogen-bond donors (Lipinski definition) is 3. The maximum atomic E-state index is 15.0. The predicted octanol–water partition coefficient (Wildman–Crippen LogP) is 5.20. The van der Waals surface area contributed by atoms with Crippen molar-refractivity contribution in [3.8, 4) is 11.1 Å². The quantitative estimate of drug-likeness (QED) is 0.333. The zero-order valence-electron chi connectivity index (χ0n) is 22.9. The third-order valence-corrected chi connectivity index (χ3v) is 6.26. The van der Waals surface area contributed by atoms with E-state index in [1.165, 1.54) is 12.1 Å². The first-order chi connectivity index (χ1) is 17.8. The van der Waals surface area contributed by atoms with Crippen LogP contribution in [0.2, 0.25) is 0 Å². The molecule has 0 aliphatic rings. The van der Waals surface area contributed by atoms with Crippen molar-refractivity contribution in [1.82, 2.24) is 24.3 Å². The van der Waals surface area contributed by atoms with Gasteiger partial charge in [0.25, 0.3) is 5.56 Å². The fourth-order valence-corrected chi connectivity index (χ4v) is 4.19. The first-order valence-corrected chi connectivity index (χ1v) is 12.3. The molecule has 2 amide bonds. The Hall–Kier alpha value is -4.28. The highest BCUT2D eigenvalue weighted by molar-refractivity contribution is 6.00. The fourth-order valence-electron chi connectivity index (χ4n) is 4.19. The summed E-state index contributed by atoms with van der Waals surface area (Å²) in [6.45, 7) is 11.6. The monoisotopic (exact) mass is 520 g/mol. The Balaban J connectivity index is 1.74. The molecule has 38 heavy (non-hydrogen) atoms. The van der Waals surface area contributed by atoms with Crippen molar-refractivity contribution in [2.45, 2.75) is 53.0 Å². The number of urea groups is 1. The number of nitrogens with one attached hydrogen (secondary N) is 3. The number of carbonyl (C=O) groups is 1. The third kappa shape index (κ3) is 5.09. The molecule has 0 aliphatic carbocycles. The molecular formula is C27H33FN8O2. The van der Waals surface area contributed by atoms with E-state index in [1.54, 1.807) is 48.6 Å². The van der Waals surface area contributed by atoms with Gasteiger partial charge in [-0.2, -0.15) is 10.1 Å². The van der Waals surface area contributed by atoms with Gasteiger partial charge in [0.2, 0.25) is 5.95 Å². The standard InChI is InChI=1S/C27H33FN8O2/c1-14(2)36-23-16(13-30-25(29-7)33-23)10-18(24(36)37)17-11-20(19(28)9-15(17)3)31-26(38)32-22-12-21(27(4,5)6)34-35(22)8/h9-14H,1-8H3,(H,29,30,33)(H2,31,32,38). The summed E-state index contributed by atoms with van der Waals surface area (Å²) in [6.07, 6.45) is 1.64. The van der Waals surface area contributed by atoms with Crippen molar-refractivity contribution < 1.29 is 9.18 Å². The molecule has 0 fully saturated rings. The minimum Gasteiger partial charge on any atom is -0.357 e. The Bertz CT molecular complexity index is 1600. The maximum absolute atomic E-state index is 15.0. The van der Waals surface area contributed by atoms with E-state index >= 15 is 0 Å². The second-order valence-electron chi connectivity index (χ2n) is 10.6. The largest absolute Gasteiger partial charge is 0.357 e. The lowest BCUT2D eigenvalue weighted by Crippen LogP contribution is -2.25. The van der Waals surface area contributed by atoms with Crippen molar-refractivity contribution in [3.05, 3.63) is 57.9 Å². The molecule has 3 N–H and O–H groups in total. The molecule has 0 saturated heterocycles. The van der Waals surface area contributed by atoms with E-state index in [9.17, 15) is 14.0 Å². The van der Waals surface area contributed by atoms with Crippen LogP contribution in [-0.4, -0.2) is 37.4 Å². The van der Waals surface area contributed by atoms with Crippen molar-refractivity contribution >= 4 is 34.5 Å². The molecule has 200 valence electrons. The molecule has 0 saturated carbocycles. The molecule has 0 bridgehead atoms. The lowest BCUT2D eigenvalue weighted by atomic mass is 9.92. The molecule has 0 unspecified atom stereocenters. The van der Waals surface area contributed by atoms with Crippen LogP contribution in [0, 0.1) is 12.7 Å². The summed E-state index contributed by atoms with van der Waals surface area (Å²) in [4.78, 5) is 35.2. The molecule has 0 atom stereocenters. The number of halogens is 1. The molecule has 0 radical (unpaired) electrons. The van der Waals surface area contributed by atoms with E-state index < -0.39 is 11.8 Å². The van der Waals surface area contributed by atoms with Gasteiger partial charge >= 0.3 is 6.03 Å². The van der Waals surface area contributed by atoms with E-state index in [0.717, 1.165) is 5.69 Å². The van der Waals surface area contributed by atoms with Crippen LogP contribution in [0.5, 0.6) is 0 Å². The Morgan fingerprint density at radius 1 is 1.08 bits per heavy atom. The number of anilines is 3. The van der Waals surface area contributed by atoms with Crippen LogP contribution < -0.4 is 21.5 Å². The van der Waals surface area contributed by atoms with E-state index in [-0.39, 0.29) is 22.7 Å². The molecule has 3 aromatic heterocycles. The summed E-state index contributed by atoms with van der Waals surface area (Å²) in [7, 11) is 3.43. The number of amides is 2. The predicted molar refractivity (Wildman–Crippen MR) is 148 cm³/mol. The molecule has 0 aliphatic heterocycles. The topological polar surface area (TPSA) is 119 Å². The number of aromatic nitrogens is 5. The first kappa shape index (κ1) is 26.8. The number of carbonyl (C=O) groups excluding carboxylic acids is 1. The van der Waals surface area contributed by atoms with Gasteiger partial charge in [-0.25, -0.2) is 14.2 Å². The molecule has 4 aromatic rings. The van der Waals surface area contributed by atoms with Crippen LogP contribution in [0.15, 0.2) is 35.3 Å². The molecule has 1 aromatic carbocycles. The highest BCUT2D eigenvalue weighted by atomic mass is 19.1. The number of benzene rings is 1. The van der Waals surface area contributed by atoms with Gasteiger partial charge in [-0.15, -0.1) is 0 Å². The highest BCUT2D eigenvalue weighted by Gasteiger charge is 2.21. The van der Waals surface area contributed by atoms with Gasteiger partial charge in [0.05, 0.1) is 11.4 Å². The molecule has 4 rings (SSSR count). The van der Waals surface area contributed by atoms with Crippen molar-refractivity contribution in [1.29, 1.82) is 0 Å². The first-order valence-electron chi connectivity index (χ1n) is 12.3. The molecule has 10 nitrogen and oxygen atoms in total. The number of aryl methyl sites for hydroxylation is 2. The smallest absolute Gasteiger partial charge is 0.324 e. The normalized spacial score (nSPS) is 11.7. The van der Waals surface area contributed by atoms with E-state index in [0.29, 0.717) is 39.5 Å². The van der Waals surface area contributed by atoms with Gasteiger partial charge in [-0.1, -0.05) is 20.8 Å². The number of pyridine rings is 1. The second kappa shape index (κ2) is 9.88. The zero-order chi connectivity index (χ0) is 27.9. The number of fused-ring (bicyclic) bond motifs is 1. The van der Waals surface area contributed by atoms with E-state index in [4.69, 9.17) is 0 Å². The van der Waals surface area contributed by atoms with Gasteiger partial charge < -0.3 is 10.6 Å². The van der Waals surface area contributed by atoms with Gasteiger partial charge in [0, 0.05) is 48.8 Å². The summed E-state index contributed by atoms with van der Waals surface area (Å²) in [6, 6.07) is 5.44. The second-order valence-corrected chi connectivity index (χ2v) is 10.6. The maximum Gasteiger partial charge on any atom is 0.324 e. The highest BCUT2D eigenvalue weighted by Crippen LogP contribution is 2.30. The van der Waals surface area contributed by atoms with Crippen LogP contribution in [0.25, 0.3) is 22.2 Å². The molecule has 3 heterocycles. The van der Waals surface area contributed by atoms with Crippen LogP contribution in [0.3, 0.4) is 0 Å². The number of nitrogens with zero attached hydrogens (tertiary/aromatic N) is 5. The van der Waals surface area contributed by atoms with Gasteiger partial charge in [-0.05, 0) is 50.1 Å². The molecule has 11 heteroatoms. The Kier molecular flexibility index (Phi) is 6.96. The molecule has 0 spiro atoms. The SMILES string of the molecule is CNc1ncc2cc(-c3cc(NC(=O)Nc4cc(C(C)(C)C)nn4C)c(F)cc3C)c(=O)n(C(C)C)c2n1. The Morgan fingerprint density at radius 2 is 1.79 bits per heavy atom. The number of hydrogen-bond acceptors (Lipinski definition) is 6. The van der Waals surface area contributed by atoms with Crippen LogP contribution in [0.1, 0.15) is 51.9 Å². The Morgan fingerprint density at radius 3 is 2.39 bits per heavy atom. The molecular weight excluding hydrogens is 487 g/mol. The van der Waals surface area contributed by atoms with Crippen LogP contribution in [0.4, 0.5) is 26.6 Å². The minimum atomic E-state index is -0.631. The van der Waals surface area contributed by atoms with Crippen LogP contribution in [-0.2, 0) is 12.5 Å². The van der Waals surface area contributed by atoms with Crippen molar-refractivity contribution in [2.75, 3.05) is 23.0 Å².